The van der Waals surface area contributed by atoms with Gasteiger partial charge in [-0.2, -0.15) is 0 Å². The van der Waals surface area contributed by atoms with Crippen molar-refractivity contribution in [3.63, 3.8) is 0 Å². The third-order valence-electron chi connectivity index (χ3n) is 4.47. The van der Waals surface area contributed by atoms with Crippen LogP contribution < -0.4 is 10.6 Å². The van der Waals surface area contributed by atoms with E-state index in [-0.39, 0.29) is 11.9 Å². The number of hydrogen-bond acceptors (Lipinski definition) is 4. The van der Waals surface area contributed by atoms with Gasteiger partial charge in [-0.05, 0) is 73.5 Å². The number of carbonyl (C=O) groups is 2. The molecule has 0 aromatic heterocycles. The van der Waals surface area contributed by atoms with E-state index in [0.29, 0.717) is 18.6 Å². The first-order chi connectivity index (χ1) is 14.0. The predicted molar refractivity (Wildman–Crippen MR) is 116 cm³/mol. The summed E-state index contributed by atoms with van der Waals surface area (Å²) in [6.07, 6.45) is 0.347. The first kappa shape index (κ1) is 20.1. The van der Waals surface area contributed by atoms with E-state index in [1.807, 2.05) is 67.6 Å². The molecule has 0 aliphatic carbocycles. The lowest BCUT2D eigenvalue weighted by atomic mass is 10.1. The minimum atomic E-state index is -0.329. The predicted octanol–water partition coefficient (Wildman–Crippen LogP) is 5.10. The zero-order chi connectivity index (χ0) is 20.6. The van der Waals surface area contributed by atoms with Gasteiger partial charge >= 0.3 is 5.97 Å². The van der Waals surface area contributed by atoms with Gasteiger partial charge in [-0.15, -0.1) is 0 Å². The second kappa shape index (κ2) is 9.55. The third kappa shape index (κ3) is 5.69. The number of amides is 1. The Morgan fingerprint density at radius 1 is 0.828 bits per heavy atom. The number of anilines is 3. The summed E-state index contributed by atoms with van der Waals surface area (Å²) >= 11 is 0. The fourth-order valence-electron chi connectivity index (χ4n) is 2.89. The van der Waals surface area contributed by atoms with E-state index in [4.69, 9.17) is 4.74 Å². The molecule has 0 unspecified atom stereocenters. The number of hydrogen-bond donors (Lipinski definition) is 2. The molecule has 0 radical (unpaired) electrons. The molecule has 0 aliphatic heterocycles. The van der Waals surface area contributed by atoms with Crippen molar-refractivity contribution in [2.24, 2.45) is 0 Å². The third-order valence-corrected chi connectivity index (χ3v) is 4.47. The SMILES string of the molecule is CCOC(=O)c1ccc(Nc2ccc(NC(=O)Cc3ccccc3C)cc2)cc1. The lowest BCUT2D eigenvalue weighted by Crippen LogP contribution is -2.14. The van der Waals surface area contributed by atoms with Crippen molar-refractivity contribution < 1.29 is 14.3 Å². The first-order valence-corrected chi connectivity index (χ1v) is 9.54. The highest BCUT2D eigenvalue weighted by atomic mass is 16.5. The second-order valence-electron chi connectivity index (χ2n) is 6.65. The van der Waals surface area contributed by atoms with Gasteiger partial charge in [0.25, 0.3) is 0 Å². The Balaban J connectivity index is 1.56. The molecule has 1 amide bonds. The number of nitrogens with one attached hydrogen (secondary N) is 2. The van der Waals surface area contributed by atoms with Gasteiger partial charge in [0.2, 0.25) is 5.91 Å². The van der Waals surface area contributed by atoms with Crippen LogP contribution in [0.1, 0.15) is 28.4 Å². The van der Waals surface area contributed by atoms with Crippen LogP contribution in [0.4, 0.5) is 17.1 Å². The highest BCUT2D eigenvalue weighted by Crippen LogP contribution is 2.20. The number of aryl methyl sites for hydroxylation is 1. The number of rotatable bonds is 7. The number of esters is 1. The van der Waals surface area contributed by atoms with Gasteiger partial charge in [-0.25, -0.2) is 4.79 Å². The highest BCUT2D eigenvalue weighted by molar-refractivity contribution is 5.92. The molecule has 0 saturated carbocycles. The first-order valence-electron chi connectivity index (χ1n) is 9.54. The van der Waals surface area contributed by atoms with Crippen LogP contribution in [0.2, 0.25) is 0 Å². The Hall–Kier alpha value is -3.60. The van der Waals surface area contributed by atoms with Crippen LogP contribution in [-0.4, -0.2) is 18.5 Å². The van der Waals surface area contributed by atoms with Crippen LogP contribution in [0.3, 0.4) is 0 Å². The van der Waals surface area contributed by atoms with Crippen molar-refractivity contribution in [1.82, 2.24) is 0 Å². The van der Waals surface area contributed by atoms with E-state index in [1.54, 1.807) is 19.1 Å². The molecule has 5 nitrogen and oxygen atoms in total. The van der Waals surface area contributed by atoms with Crippen LogP contribution in [-0.2, 0) is 16.0 Å². The van der Waals surface area contributed by atoms with E-state index < -0.39 is 0 Å². The molecule has 5 heteroatoms. The zero-order valence-corrected chi connectivity index (χ0v) is 16.6. The van der Waals surface area contributed by atoms with E-state index in [9.17, 15) is 9.59 Å². The van der Waals surface area contributed by atoms with Crippen molar-refractivity contribution in [1.29, 1.82) is 0 Å². The molecular weight excluding hydrogens is 364 g/mol. The molecule has 0 heterocycles. The molecule has 3 aromatic carbocycles. The molecule has 3 rings (SSSR count). The molecular formula is C24H24N2O3. The van der Waals surface area contributed by atoms with E-state index >= 15 is 0 Å². The molecule has 0 spiro atoms. The van der Waals surface area contributed by atoms with Crippen LogP contribution in [0.25, 0.3) is 0 Å². The maximum atomic E-state index is 12.3. The number of benzene rings is 3. The maximum Gasteiger partial charge on any atom is 0.338 e. The maximum absolute atomic E-state index is 12.3. The van der Waals surface area contributed by atoms with E-state index in [1.165, 1.54) is 0 Å². The smallest absolute Gasteiger partial charge is 0.338 e. The minimum absolute atomic E-state index is 0.0467. The summed E-state index contributed by atoms with van der Waals surface area (Å²) in [5.41, 5.74) is 5.13. The Labute approximate surface area is 170 Å². The highest BCUT2D eigenvalue weighted by Gasteiger charge is 2.07. The summed E-state index contributed by atoms with van der Waals surface area (Å²) in [7, 11) is 0. The summed E-state index contributed by atoms with van der Waals surface area (Å²) in [6, 6.07) is 22.5. The molecule has 0 bridgehead atoms. The standard InChI is InChI=1S/C24H24N2O3/c1-3-29-24(28)18-8-10-20(11-9-18)25-21-12-14-22(15-13-21)26-23(27)16-19-7-5-4-6-17(19)2/h4-15,25H,3,16H2,1-2H3,(H,26,27). The van der Waals surface area contributed by atoms with Gasteiger partial charge in [-0.1, -0.05) is 24.3 Å². The van der Waals surface area contributed by atoms with Crippen LogP contribution >= 0.6 is 0 Å². The van der Waals surface area contributed by atoms with Crippen molar-refractivity contribution >= 4 is 28.9 Å². The summed E-state index contributed by atoms with van der Waals surface area (Å²) in [5.74, 6) is -0.376. The molecule has 2 N–H and O–H groups in total. The van der Waals surface area contributed by atoms with Crippen molar-refractivity contribution in [3.05, 3.63) is 89.5 Å². The Morgan fingerprint density at radius 3 is 2.03 bits per heavy atom. The van der Waals surface area contributed by atoms with Crippen LogP contribution in [0.15, 0.2) is 72.8 Å². The van der Waals surface area contributed by atoms with Gasteiger partial charge < -0.3 is 15.4 Å². The van der Waals surface area contributed by atoms with Gasteiger partial charge in [0.1, 0.15) is 0 Å². The van der Waals surface area contributed by atoms with Gasteiger partial charge in [-0.3, -0.25) is 4.79 Å². The van der Waals surface area contributed by atoms with Gasteiger partial charge in [0.15, 0.2) is 0 Å². The largest absolute Gasteiger partial charge is 0.462 e. The molecule has 0 fully saturated rings. The molecule has 29 heavy (non-hydrogen) atoms. The lowest BCUT2D eigenvalue weighted by Gasteiger charge is -2.10. The fraction of sp³-hybridized carbons (Fsp3) is 0.167. The quantitative estimate of drug-likeness (QED) is 0.553. The van der Waals surface area contributed by atoms with Gasteiger partial charge in [0.05, 0.1) is 18.6 Å². The molecule has 0 atom stereocenters. The molecule has 148 valence electrons. The summed E-state index contributed by atoms with van der Waals surface area (Å²) in [4.78, 5) is 24.0. The van der Waals surface area contributed by atoms with E-state index in [2.05, 4.69) is 10.6 Å². The summed E-state index contributed by atoms with van der Waals surface area (Å²) < 4.78 is 4.98. The number of carbonyl (C=O) groups excluding carboxylic acids is 2. The average Bonchev–Trinajstić information content (AvgIpc) is 2.72. The molecule has 0 aliphatic rings. The number of ether oxygens (including phenoxy) is 1. The van der Waals surface area contributed by atoms with Crippen LogP contribution in [0, 0.1) is 6.92 Å². The average molecular weight is 388 g/mol. The minimum Gasteiger partial charge on any atom is -0.462 e. The Kier molecular flexibility index (Phi) is 6.63. The van der Waals surface area contributed by atoms with Crippen LogP contribution in [0.5, 0.6) is 0 Å². The Morgan fingerprint density at radius 2 is 1.41 bits per heavy atom. The summed E-state index contributed by atoms with van der Waals surface area (Å²) in [5, 5.41) is 6.19. The van der Waals surface area contributed by atoms with Crippen molar-refractivity contribution in [2.75, 3.05) is 17.2 Å². The topological polar surface area (TPSA) is 67.4 Å². The van der Waals surface area contributed by atoms with Crippen molar-refractivity contribution in [3.8, 4) is 0 Å². The second-order valence-corrected chi connectivity index (χ2v) is 6.65. The van der Waals surface area contributed by atoms with E-state index in [0.717, 1.165) is 28.2 Å². The normalized spacial score (nSPS) is 10.3. The fourth-order valence-corrected chi connectivity index (χ4v) is 2.89. The molecule has 0 saturated heterocycles. The molecule has 3 aromatic rings. The lowest BCUT2D eigenvalue weighted by molar-refractivity contribution is -0.115. The Bertz CT molecular complexity index is 980. The van der Waals surface area contributed by atoms with Gasteiger partial charge in [0, 0.05) is 17.1 Å². The monoisotopic (exact) mass is 388 g/mol. The summed E-state index contributed by atoms with van der Waals surface area (Å²) in [6.45, 7) is 4.14. The van der Waals surface area contributed by atoms with Crippen molar-refractivity contribution in [2.45, 2.75) is 20.3 Å². The zero-order valence-electron chi connectivity index (χ0n) is 16.6.